The highest BCUT2D eigenvalue weighted by Gasteiger charge is 2.40. The predicted octanol–water partition coefficient (Wildman–Crippen LogP) is 3.05. The first-order valence-corrected chi connectivity index (χ1v) is 19.0. The number of rotatable bonds is 10. The molecule has 5 aromatic rings. The molecule has 2 saturated heterocycles. The smallest absolute Gasteiger partial charge is 0.255 e. The Bertz CT molecular complexity index is 2360. The van der Waals surface area contributed by atoms with Crippen LogP contribution in [0, 0.1) is 5.82 Å². The van der Waals surface area contributed by atoms with E-state index < -0.39 is 34.9 Å². The Hall–Kier alpha value is -5.66. The van der Waals surface area contributed by atoms with E-state index in [1.807, 2.05) is 17.8 Å². The number of nitrogens with one attached hydrogen (secondary N) is 2. The molecule has 3 aliphatic heterocycles. The standard InChI is InChI=1S/C36H39FN12O5S/c1-20(2)49-28-14-30(41-29-8-11-38-33(42-29)22-15-40-48(18-22)55(53)54)39-16-25(28)34(44-49)46-12-9-23(10-13-46)45(3)17-21-4-5-24-26(32(21)37)19-47(36(24)52)27-6-7-31(50)43-35(27)51/h4-5,8,11,14-16,18,20,23,27H,6-7,9-10,12-13,17,19H2,1-3H3,(H,53,54)(H,43,50,51)(H,38,39,41,42)/p-1. The summed E-state index contributed by atoms with van der Waals surface area (Å²) in [4.78, 5) is 56.4. The molecule has 2 fully saturated rings. The van der Waals surface area contributed by atoms with Crippen LogP contribution in [0.25, 0.3) is 22.3 Å². The molecule has 17 nitrogen and oxygen atoms in total. The number of benzene rings is 1. The second-order valence-electron chi connectivity index (χ2n) is 14.3. The highest BCUT2D eigenvalue weighted by Crippen LogP contribution is 2.34. The van der Waals surface area contributed by atoms with E-state index in [1.165, 1.54) is 17.3 Å². The Morgan fingerprint density at radius 2 is 1.89 bits per heavy atom. The number of amides is 3. The first kappa shape index (κ1) is 36.3. The second-order valence-corrected chi connectivity index (χ2v) is 15.1. The van der Waals surface area contributed by atoms with Crippen LogP contribution in [0.1, 0.15) is 67.1 Å². The minimum absolute atomic E-state index is 0.00439. The molecule has 0 spiro atoms. The summed E-state index contributed by atoms with van der Waals surface area (Å²) < 4.78 is 41.2. The first-order chi connectivity index (χ1) is 26.4. The maximum absolute atomic E-state index is 15.9. The van der Waals surface area contributed by atoms with Crippen LogP contribution in [-0.4, -0.2) is 102 Å². The van der Waals surface area contributed by atoms with Gasteiger partial charge in [-0.3, -0.25) is 33.5 Å². The van der Waals surface area contributed by atoms with Crippen LogP contribution in [0.4, 0.5) is 21.8 Å². The summed E-state index contributed by atoms with van der Waals surface area (Å²) in [5, 5.41) is 15.2. The van der Waals surface area contributed by atoms with Crippen LogP contribution < -0.4 is 15.5 Å². The molecule has 286 valence electrons. The van der Waals surface area contributed by atoms with Crippen molar-refractivity contribution in [3.05, 3.63) is 71.6 Å². The molecule has 19 heteroatoms. The number of imide groups is 1. The normalized spacial score (nSPS) is 18.5. The van der Waals surface area contributed by atoms with Crippen LogP contribution in [0.5, 0.6) is 0 Å². The quantitative estimate of drug-likeness (QED) is 0.155. The van der Waals surface area contributed by atoms with Crippen LogP contribution in [0.3, 0.4) is 0 Å². The van der Waals surface area contributed by atoms with E-state index in [-0.39, 0.29) is 42.9 Å². The lowest BCUT2D eigenvalue weighted by molar-refractivity contribution is -0.136. The minimum Gasteiger partial charge on any atom is -0.754 e. The average molecular weight is 770 g/mol. The van der Waals surface area contributed by atoms with E-state index in [1.54, 1.807) is 30.6 Å². The van der Waals surface area contributed by atoms with Crippen LogP contribution in [0.15, 0.2) is 49.1 Å². The molecule has 55 heavy (non-hydrogen) atoms. The number of carbonyl (C=O) groups excluding carboxylic acids is 3. The minimum atomic E-state index is -2.53. The van der Waals surface area contributed by atoms with E-state index in [0.29, 0.717) is 40.7 Å². The van der Waals surface area contributed by atoms with E-state index in [0.717, 1.165) is 46.7 Å². The van der Waals surface area contributed by atoms with Crippen LogP contribution >= 0.6 is 0 Å². The zero-order valence-electron chi connectivity index (χ0n) is 30.3. The van der Waals surface area contributed by atoms with Gasteiger partial charge in [0.2, 0.25) is 11.8 Å². The fourth-order valence-corrected chi connectivity index (χ4v) is 7.93. The molecule has 2 N–H and O–H groups in total. The summed E-state index contributed by atoms with van der Waals surface area (Å²) in [6.07, 6.45) is 8.09. The number of hydrogen-bond donors (Lipinski definition) is 2. The molecule has 0 aliphatic carbocycles. The van der Waals surface area contributed by atoms with E-state index >= 15 is 4.39 Å². The third-order valence-corrected chi connectivity index (χ3v) is 11.0. The number of halogens is 1. The van der Waals surface area contributed by atoms with Gasteiger partial charge in [0.1, 0.15) is 23.5 Å². The lowest BCUT2D eigenvalue weighted by atomic mass is 10.0. The van der Waals surface area contributed by atoms with Crippen molar-refractivity contribution < 1.29 is 27.5 Å². The van der Waals surface area contributed by atoms with Gasteiger partial charge in [-0.2, -0.15) is 14.3 Å². The van der Waals surface area contributed by atoms with Crippen molar-refractivity contribution in [3.8, 4) is 11.4 Å². The fourth-order valence-electron chi connectivity index (χ4n) is 7.60. The van der Waals surface area contributed by atoms with Crippen LogP contribution in [-0.2, 0) is 33.9 Å². The van der Waals surface area contributed by atoms with Gasteiger partial charge >= 0.3 is 0 Å². The molecule has 3 aliphatic rings. The van der Waals surface area contributed by atoms with Crippen molar-refractivity contribution in [2.24, 2.45) is 0 Å². The zero-order chi connectivity index (χ0) is 38.5. The fraction of sp³-hybridized carbons (Fsp3) is 0.389. The van der Waals surface area contributed by atoms with E-state index in [9.17, 15) is 23.1 Å². The monoisotopic (exact) mass is 769 g/mol. The Balaban J connectivity index is 0.931. The van der Waals surface area contributed by atoms with Crippen molar-refractivity contribution in [2.75, 3.05) is 30.4 Å². The zero-order valence-corrected chi connectivity index (χ0v) is 31.1. The molecule has 7 heterocycles. The molecular formula is C36H38FN12O5S-. The van der Waals surface area contributed by atoms with E-state index in [2.05, 4.69) is 54.3 Å². The van der Waals surface area contributed by atoms with Gasteiger partial charge in [0.05, 0.1) is 46.7 Å². The third-order valence-electron chi connectivity index (χ3n) is 10.5. The topological polar surface area (TPSA) is 199 Å². The van der Waals surface area contributed by atoms with E-state index in [4.69, 9.17) is 5.10 Å². The lowest BCUT2D eigenvalue weighted by Gasteiger charge is -2.37. The number of pyridine rings is 1. The van der Waals surface area contributed by atoms with Gasteiger partial charge in [-0.15, -0.1) is 0 Å². The summed E-state index contributed by atoms with van der Waals surface area (Å²) in [5.41, 5.74) is 2.39. The number of carbonyl (C=O) groups is 3. The van der Waals surface area contributed by atoms with Crippen molar-refractivity contribution >= 4 is 57.3 Å². The van der Waals surface area contributed by atoms with Crippen molar-refractivity contribution in [2.45, 2.75) is 70.7 Å². The number of piperidine rings is 2. The van der Waals surface area contributed by atoms with Gasteiger partial charge in [-0.1, -0.05) is 6.07 Å². The molecule has 2 atom stereocenters. The maximum atomic E-state index is 15.9. The molecule has 0 radical (unpaired) electrons. The third kappa shape index (κ3) is 6.94. The van der Waals surface area contributed by atoms with Crippen molar-refractivity contribution in [1.29, 1.82) is 0 Å². The predicted molar refractivity (Wildman–Crippen MR) is 198 cm³/mol. The molecule has 0 bridgehead atoms. The maximum Gasteiger partial charge on any atom is 0.255 e. The Morgan fingerprint density at radius 1 is 1.09 bits per heavy atom. The number of nitrogens with zero attached hydrogens (tertiary/aromatic N) is 10. The largest absolute Gasteiger partial charge is 0.754 e. The Morgan fingerprint density at radius 3 is 2.62 bits per heavy atom. The molecule has 8 rings (SSSR count). The molecule has 1 aromatic carbocycles. The highest BCUT2D eigenvalue weighted by molar-refractivity contribution is 7.77. The van der Waals surface area contributed by atoms with Crippen LogP contribution in [0.2, 0.25) is 0 Å². The molecule has 0 saturated carbocycles. The summed E-state index contributed by atoms with van der Waals surface area (Å²) >= 11 is -2.53. The van der Waals surface area contributed by atoms with Gasteiger partial charge in [0.15, 0.2) is 11.6 Å². The number of hydrogen-bond acceptors (Lipinski definition) is 13. The van der Waals surface area contributed by atoms with Crippen molar-refractivity contribution in [3.63, 3.8) is 0 Å². The van der Waals surface area contributed by atoms with Crippen molar-refractivity contribution in [1.82, 2.24) is 49.0 Å². The number of aromatic nitrogens is 7. The van der Waals surface area contributed by atoms with Gasteiger partial charge in [0, 0.05) is 73.3 Å². The summed E-state index contributed by atoms with van der Waals surface area (Å²) in [6.45, 7) is 5.96. The second kappa shape index (κ2) is 14.5. The van der Waals surface area contributed by atoms with Gasteiger partial charge in [-0.25, -0.2) is 19.3 Å². The summed E-state index contributed by atoms with van der Waals surface area (Å²) in [5.74, 6) is 0.458. The lowest BCUT2D eigenvalue weighted by Crippen LogP contribution is -2.52. The number of fused-ring (bicyclic) bond motifs is 2. The highest BCUT2D eigenvalue weighted by atomic mass is 32.2. The number of anilines is 3. The molecule has 3 amide bonds. The average Bonchev–Trinajstić information content (AvgIpc) is 3.90. The summed E-state index contributed by atoms with van der Waals surface area (Å²) in [6, 6.07) is 6.38. The molecule has 4 aromatic heterocycles. The van der Waals surface area contributed by atoms with Gasteiger partial charge < -0.3 is 19.7 Å². The molecule has 2 unspecified atom stereocenters. The van der Waals surface area contributed by atoms with Gasteiger partial charge in [0.25, 0.3) is 5.91 Å². The Kier molecular flexibility index (Phi) is 9.60. The Labute approximate surface area is 317 Å². The first-order valence-electron chi connectivity index (χ1n) is 18.0. The summed E-state index contributed by atoms with van der Waals surface area (Å²) in [7, 11) is 1.98. The molecular weight excluding hydrogens is 732 g/mol. The SMILES string of the molecule is CC(C)n1nc(N2CCC(N(C)Cc3ccc4c(c3F)CN(C3CCC(=O)NC3=O)C4=O)CC2)c2cnc(Nc3ccnc(-c4cnn(S(=O)[O-])c4)n3)cc21. The van der Waals surface area contributed by atoms with Gasteiger partial charge in [-0.05, 0) is 52.3 Å².